The monoisotopic (exact) mass is 413 g/mol. The van der Waals surface area contributed by atoms with Crippen molar-refractivity contribution in [1.29, 1.82) is 0 Å². The van der Waals surface area contributed by atoms with Gasteiger partial charge in [-0.15, -0.1) is 11.3 Å². The molecule has 2 aromatic rings. The van der Waals surface area contributed by atoms with Gasteiger partial charge in [-0.05, 0) is 37.0 Å². The maximum absolute atomic E-state index is 12.4. The summed E-state index contributed by atoms with van der Waals surface area (Å²) < 4.78 is 5.73. The van der Waals surface area contributed by atoms with Gasteiger partial charge in [0.05, 0.1) is 18.3 Å². The molecule has 2 amide bonds. The summed E-state index contributed by atoms with van der Waals surface area (Å²) in [5.74, 6) is 1.32. The maximum Gasteiger partial charge on any atom is 0.226 e. The Morgan fingerprint density at radius 3 is 2.83 bits per heavy atom. The van der Waals surface area contributed by atoms with Crippen LogP contribution < -0.4 is 15.4 Å². The molecule has 1 aromatic carbocycles. The molecule has 0 bridgehead atoms. The second kappa shape index (κ2) is 8.95. The molecule has 4 rings (SSSR count). The Morgan fingerprint density at radius 1 is 1.21 bits per heavy atom. The van der Waals surface area contributed by atoms with Gasteiger partial charge in [-0.2, -0.15) is 0 Å². The van der Waals surface area contributed by atoms with Crippen LogP contribution in [0.5, 0.6) is 5.75 Å². The number of aromatic nitrogens is 1. The number of nitrogens with one attached hydrogen (secondary N) is 2. The van der Waals surface area contributed by atoms with E-state index in [0.717, 1.165) is 41.8 Å². The van der Waals surface area contributed by atoms with Gasteiger partial charge in [-0.3, -0.25) is 9.59 Å². The topological polar surface area (TPSA) is 80.3 Å². The summed E-state index contributed by atoms with van der Waals surface area (Å²) in [6.45, 7) is 2.12. The van der Waals surface area contributed by atoms with Crippen LogP contribution in [0.2, 0.25) is 0 Å². The van der Waals surface area contributed by atoms with Crippen LogP contribution in [0.25, 0.3) is 11.3 Å². The van der Waals surface area contributed by atoms with Crippen molar-refractivity contribution in [3.63, 3.8) is 0 Å². The van der Waals surface area contributed by atoms with Gasteiger partial charge in [0, 0.05) is 36.3 Å². The quantitative estimate of drug-likeness (QED) is 0.746. The van der Waals surface area contributed by atoms with Gasteiger partial charge in [0.15, 0.2) is 5.13 Å². The molecule has 1 aliphatic heterocycles. The summed E-state index contributed by atoms with van der Waals surface area (Å²) in [5, 5.41) is 8.54. The van der Waals surface area contributed by atoms with Gasteiger partial charge in [0.25, 0.3) is 0 Å². The van der Waals surface area contributed by atoms with Crippen LogP contribution in [0.4, 0.5) is 5.13 Å². The zero-order valence-electron chi connectivity index (χ0n) is 16.7. The number of rotatable bonds is 5. The third kappa shape index (κ3) is 4.96. The Bertz CT molecular complexity index is 889. The van der Waals surface area contributed by atoms with E-state index in [1.807, 2.05) is 23.6 Å². The number of thiazole rings is 1. The highest BCUT2D eigenvalue weighted by Crippen LogP contribution is 2.36. The van der Waals surface area contributed by atoms with Crippen LogP contribution in [-0.4, -0.2) is 23.4 Å². The fraction of sp³-hybridized carbons (Fsp3) is 0.500. The van der Waals surface area contributed by atoms with Crippen molar-refractivity contribution >= 4 is 28.3 Å². The van der Waals surface area contributed by atoms with E-state index in [9.17, 15) is 9.59 Å². The number of benzene rings is 1. The summed E-state index contributed by atoms with van der Waals surface area (Å²) in [6.07, 6.45) is 7.41. The van der Waals surface area contributed by atoms with Crippen LogP contribution in [0.3, 0.4) is 0 Å². The third-order valence-electron chi connectivity index (χ3n) is 5.67. The van der Waals surface area contributed by atoms with Crippen LogP contribution in [-0.2, 0) is 9.59 Å². The Hall–Kier alpha value is -2.41. The summed E-state index contributed by atoms with van der Waals surface area (Å²) in [5.41, 5.74) is 2.74. The molecule has 1 aromatic heterocycles. The highest BCUT2D eigenvalue weighted by molar-refractivity contribution is 7.14. The number of hydrogen-bond donors (Lipinski definition) is 2. The van der Waals surface area contributed by atoms with Crippen molar-refractivity contribution in [2.45, 2.75) is 57.9 Å². The number of fused-ring (bicyclic) bond motifs is 1. The van der Waals surface area contributed by atoms with Crippen LogP contribution in [0, 0.1) is 5.92 Å². The standard InChI is InChI=1S/C22H27N3O3S/c1-14(26)23-18-9-10-28-20-8-7-16(12-17(18)20)19-13-29-22(24-19)25-21(27)11-15-5-3-2-4-6-15/h7-8,12-13,15,18H,2-6,9-11H2,1H3,(H,23,26)(H,24,25,27). The Kier molecular flexibility index (Phi) is 6.13. The van der Waals surface area contributed by atoms with E-state index in [2.05, 4.69) is 15.6 Å². The summed E-state index contributed by atoms with van der Waals surface area (Å²) in [7, 11) is 0. The van der Waals surface area contributed by atoms with Gasteiger partial charge in [-0.25, -0.2) is 4.98 Å². The summed E-state index contributed by atoms with van der Waals surface area (Å²) in [6, 6.07) is 5.87. The Balaban J connectivity index is 1.45. The van der Waals surface area contributed by atoms with E-state index in [4.69, 9.17) is 4.74 Å². The summed E-state index contributed by atoms with van der Waals surface area (Å²) in [4.78, 5) is 28.5. The number of ether oxygens (including phenoxy) is 1. The molecule has 1 unspecified atom stereocenters. The van der Waals surface area contributed by atoms with Gasteiger partial charge in [0.1, 0.15) is 5.75 Å². The highest BCUT2D eigenvalue weighted by Gasteiger charge is 2.23. The normalized spacial score (nSPS) is 19.1. The minimum atomic E-state index is -0.0514. The fourth-order valence-corrected chi connectivity index (χ4v) is 4.97. The Labute approximate surface area is 175 Å². The lowest BCUT2D eigenvalue weighted by Crippen LogP contribution is -2.30. The first-order valence-corrected chi connectivity index (χ1v) is 11.3. The smallest absolute Gasteiger partial charge is 0.226 e. The van der Waals surface area contributed by atoms with Crippen molar-refractivity contribution < 1.29 is 14.3 Å². The molecule has 0 radical (unpaired) electrons. The number of nitrogens with zero attached hydrogens (tertiary/aromatic N) is 1. The SMILES string of the molecule is CC(=O)NC1CCOc2ccc(-c3csc(NC(=O)CC4CCCCC4)n3)cc21. The zero-order valence-corrected chi connectivity index (χ0v) is 17.5. The van der Waals surface area contributed by atoms with Gasteiger partial charge in [-0.1, -0.05) is 19.3 Å². The van der Waals surface area contributed by atoms with Crippen molar-refractivity contribution in [2.24, 2.45) is 5.92 Å². The number of carbonyl (C=O) groups excluding carboxylic acids is 2. The second-order valence-corrected chi connectivity index (χ2v) is 8.80. The van der Waals surface area contributed by atoms with Crippen molar-refractivity contribution in [1.82, 2.24) is 10.3 Å². The van der Waals surface area contributed by atoms with Gasteiger partial charge >= 0.3 is 0 Å². The molecule has 1 aliphatic carbocycles. The minimum Gasteiger partial charge on any atom is -0.493 e. The number of amides is 2. The second-order valence-electron chi connectivity index (χ2n) is 7.94. The van der Waals surface area contributed by atoms with Crippen molar-refractivity contribution in [3.8, 4) is 17.0 Å². The first kappa shape index (κ1) is 19.9. The number of hydrogen-bond acceptors (Lipinski definition) is 5. The minimum absolute atomic E-state index is 0.0510. The van der Waals surface area contributed by atoms with E-state index < -0.39 is 0 Å². The lowest BCUT2D eigenvalue weighted by atomic mass is 9.87. The predicted octanol–water partition coefficient (Wildman–Crippen LogP) is 4.68. The number of anilines is 1. The average molecular weight is 414 g/mol. The largest absolute Gasteiger partial charge is 0.493 e. The molecule has 2 aliphatic rings. The molecule has 2 heterocycles. The molecule has 154 valence electrons. The van der Waals surface area contributed by atoms with E-state index in [-0.39, 0.29) is 17.9 Å². The van der Waals surface area contributed by atoms with Crippen LogP contribution >= 0.6 is 11.3 Å². The highest BCUT2D eigenvalue weighted by atomic mass is 32.1. The van der Waals surface area contributed by atoms with E-state index in [1.165, 1.54) is 37.5 Å². The Morgan fingerprint density at radius 2 is 2.03 bits per heavy atom. The molecule has 1 saturated carbocycles. The van der Waals surface area contributed by atoms with E-state index in [1.54, 1.807) is 0 Å². The molecular formula is C22H27N3O3S. The third-order valence-corrected chi connectivity index (χ3v) is 6.43. The molecule has 1 atom stereocenters. The maximum atomic E-state index is 12.4. The van der Waals surface area contributed by atoms with E-state index >= 15 is 0 Å². The molecule has 2 N–H and O–H groups in total. The molecular weight excluding hydrogens is 386 g/mol. The molecule has 29 heavy (non-hydrogen) atoms. The number of carbonyl (C=O) groups is 2. The van der Waals surface area contributed by atoms with Crippen molar-refractivity contribution in [3.05, 3.63) is 29.1 Å². The van der Waals surface area contributed by atoms with Crippen LogP contribution in [0.15, 0.2) is 23.6 Å². The first-order valence-electron chi connectivity index (χ1n) is 10.4. The predicted molar refractivity (Wildman–Crippen MR) is 114 cm³/mol. The van der Waals surface area contributed by atoms with Gasteiger partial charge < -0.3 is 15.4 Å². The van der Waals surface area contributed by atoms with Gasteiger partial charge in [0.2, 0.25) is 11.8 Å². The molecule has 7 heteroatoms. The molecule has 1 fully saturated rings. The fourth-order valence-electron chi connectivity index (χ4n) is 4.24. The lowest BCUT2D eigenvalue weighted by molar-refractivity contribution is -0.120. The molecule has 6 nitrogen and oxygen atoms in total. The summed E-state index contributed by atoms with van der Waals surface area (Å²) >= 11 is 1.44. The first-order chi connectivity index (χ1) is 14.1. The van der Waals surface area contributed by atoms with Crippen molar-refractivity contribution in [2.75, 3.05) is 11.9 Å². The van der Waals surface area contributed by atoms with Crippen LogP contribution in [0.1, 0.15) is 63.5 Å². The van der Waals surface area contributed by atoms with E-state index in [0.29, 0.717) is 24.1 Å². The lowest BCUT2D eigenvalue weighted by Gasteiger charge is -2.26. The zero-order chi connectivity index (χ0) is 20.2. The molecule has 0 spiro atoms. The average Bonchev–Trinajstić information content (AvgIpc) is 3.16. The molecule has 0 saturated heterocycles.